The van der Waals surface area contributed by atoms with Crippen LogP contribution >= 0.6 is 0 Å². The Balaban J connectivity index is 1.24. The van der Waals surface area contributed by atoms with E-state index in [1.165, 1.54) is 5.56 Å². The van der Waals surface area contributed by atoms with Gasteiger partial charge in [-0.25, -0.2) is 4.79 Å². The van der Waals surface area contributed by atoms with Gasteiger partial charge in [-0.3, -0.25) is 4.79 Å². The van der Waals surface area contributed by atoms with Gasteiger partial charge in [0.15, 0.2) is 0 Å². The molecule has 1 aliphatic carbocycles. The van der Waals surface area contributed by atoms with Gasteiger partial charge in [0.2, 0.25) is 0 Å². The minimum absolute atomic E-state index is 0.0478. The Bertz CT molecular complexity index is 1200. The molecule has 36 heavy (non-hydrogen) atoms. The SMILES string of the molecule is O=C1C[C@@H]2[C@@H](C=CC(O)CCc3ccccc3)[C@H](OC(=O)c3ccc(-c4ccccc4)cc3)C[C@@H]2O1. The number of benzene rings is 3. The first-order valence-corrected chi connectivity index (χ1v) is 12.5. The van der Waals surface area contributed by atoms with Crippen LogP contribution in [0.1, 0.15) is 35.2 Å². The standard InChI is InChI=1S/C31H30O5/c32-25(16-11-21-7-3-1-4-8-21)17-18-26-27-19-30(33)35-29(27)20-28(26)36-31(34)24-14-12-23(13-15-24)22-9-5-2-6-10-22/h1-10,12-15,17-18,25-29,32H,11,16,19-20H2/t25?,26-,27-,28-,29+/m1/s1. The maximum absolute atomic E-state index is 13.0. The average Bonchev–Trinajstić information content (AvgIpc) is 3.42. The fourth-order valence-corrected chi connectivity index (χ4v) is 5.24. The summed E-state index contributed by atoms with van der Waals surface area (Å²) in [5.41, 5.74) is 3.76. The van der Waals surface area contributed by atoms with Crippen molar-refractivity contribution in [1.82, 2.24) is 0 Å². The van der Waals surface area contributed by atoms with Gasteiger partial charge < -0.3 is 14.6 Å². The van der Waals surface area contributed by atoms with Crippen molar-refractivity contribution in [1.29, 1.82) is 0 Å². The van der Waals surface area contributed by atoms with Crippen LogP contribution in [0.5, 0.6) is 0 Å². The van der Waals surface area contributed by atoms with Gasteiger partial charge >= 0.3 is 11.9 Å². The van der Waals surface area contributed by atoms with Gasteiger partial charge in [-0.05, 0) is 41.7 Å². The van der Waals surface area contributed by atoms with E-state index in [4.69, 9.17) is 9.47 Å². The fourth-order valence-electron chi connectivity index (χ4n) is 5.24. The molecule has 0 aromatic heterocycles. The fraction of sp³-hybridized carbons (Fsp3) is 0.290. The Morgan fingerprint density at radius 3 is 2.36 bits per heavy atom. The monoisotopic (exact) mass is 482 g/mol. The van der Waals surface area contributed by atoms with Gasteiger partial charge in [0.25, 0.3) is 0 Å². The van der Waals surface area contributed by atoms with Gasteiger partial charge in [-0.15, -0.1) is 0 Å². The lowest BCUT2D eigenvalue weighted by atomic mass is 9.91. The van der Waals surface area contributed by atoms with Crippen molar-refractivity contribution >= 4 is 11.9 Å². The summed E-state index contributed by atoms with van der Waals surface area (Å²) in [4.78, 5) is 24.9. The number of aliphatic hydroxyl groups excluding tert-OH is 1. The molecule has 5 rings (SSSR count). The summed E-state index contributed by atoms with van der Waals surface area (Å²) in [7, 11) is 0. The molecule has 2 fully saturated rings. The van der Waals surface area contributed by atoms with E-state index >= 15 is 0 Å². The largest absolute Gasteiger partial charge is 0.462 e. The van der Waals surface area contributed by atoms with Crippen LogP contribution in [0, 0.1) is 11.8 Å². The van der Waals surface area contributed by atoms with Crippen LogP contribution < -0.4 is 0 Å². The molecule has 0 amide bonds. The molecule has 1 N–H and O–H groups in total. The van der Waals surface area contributed by atoms with E-state index < -0.39 is 18.2 Å². The molecular formula is C31H30O5. The van der Waals surface area contributed by atoms with Gasteiger partial charge in [0.1, 0.15) is 12.2 Å². The maximum atomic E-state index is 13.0. The van der Waals surface area contributed by atoms with Gasteiger partial charge in [0, 0.05) is 18.3 Å². The summed E-state index contributed by atoms with van der Waals surface area (Å²) >= 11 is 0. The highest BCUT2D eigenvalue weighted by Gasteiger charge is 2.50. The number of esters is 2. The minimum atomic E-state index is -0.621. The van der Waals surface area contributed by atoms with E-state index in [-0.39, 0.29) is 23.9 Å². The molecule has 3 aromatic carbocycles. The van der Waals surface area contributed by atoms with E-state index in [0.717, 1.165) is 17.5 Å². The summed E-state index contributed by atoms with van der Waals surface area (Å²) in [5, 5.41) is 10.5. The average molecular weight is 483 g/mol. The number of hydrogen-bond acceptors (Lipinski definition) is 5. The number of carbonyl (C=O) groups excluding carboxylic acids is 2. The normalized spacial score (nSPS) is 23.9. The maximum Gasteiger partial charge on any atom is 0.338 e. The zero-order chi connectivity index (χ0) is 24.9. The van der Waals surface area contributed by atoms with Crippen LogP contribution in [0.3, 0.4) is 0 Å². The van der Waals surface area contributed by atoms with E-state index in [9.17, 15) is 14.7 Å². The Kier molecular flexibility index (Phi) is 7.28. The summed E-state index contributed by atoms with van der Waals surface area (Å²) in [6.45, 7) is 0. The predicted octanol–water partition coefficient (Wildman–Crippen LogP) is 5.38. The van der Waals surface area contributed by atoms with Crippen molar-refractivity contribution < 1.29 is 24.2 Å². The number of aliphatic hydroxyl groups is 1. The topological polar surface area (TPSA) is 72.8 Å². The van der Waals surface area contributed by atoms with Crippen molar-refractivity contribution in [3.63, 3.8) is 0 Å². The second-order valence-corrected chi connectivity index (χ2v) is 9.57. The first-order chi connectivity index (χ1) is 17.6. The molecule has 1 unspecified atom stereocenters. The van der Waals surface area contributed by atoms with Gasteiger partial charge in [-0.1, -0.05) is 84.9 Å². The second kappa shape index (κ2) is 10.9. The van der Waals surface area contributed by atoms with Crippen LogP contribution in [0.15, 0.2) is 97.1 Å². The highest BCUT2D eigenvalue weighted by molar-refractivity contribution is 5.90. The van der Waals surface area contributed by atoms with Gasteiger partial charge in [-0.2, -0.15) is 0 Å². The Morgan fingerprint density at radius 2 is 1.64 bits per heavy atom. The molecule has 5 heteroatoms. The molecule has 1 heterocycles. The van der Waals surface area contributed by atoms with Gasteiger partial charge in [0.05, 0.1) is 18.1 Å². The molecule has 0 radical (unpaired) electrons. The van der Waals surface area contributed by atoms with Crippen molar-refractivity contribution in [2.24, 2.45) is 11.8 Å². The molecule has 0 spiro atoms. The van der Waals surface area contributed by atoms with Crippen LogP contribution in [0.2, 0.25) is 0 Å². The lowest BCUT2D eigenvalue weighted by molar-refractivity contribution is -0.141. The van der Waals surface area contributed by atoms with Crippen LogP contribution in [-0.4, -0.2) is 35.4 Å². The molecule has 5 nitrogen and oxygen atoms in total. The summed E-state index contributed by atoms with van der Waals surface area (Å²) < 4.78 is 11.4. The van der Waals surface area contributed by atoms with Crippen molar-refractivity contribution in [3.8, 4) is 11.1 Å². The number of carbonyl (C=O) groups is 2. The third kappa shape index (κ3) is 5.58. The number of rotatable bonds is 8. The minimum Gasteiger partial charge on any atom is -0.462 e. The highest BCUT2D eigenvalue weighted by atomic mass is 16.6. The third-order valence-electron chi connectivity index (χ3n) is 7.16. The Labute approximate surface area is 211 Å². The number of fused-ring (bicyclic) bond motifs is 1. The summed E-state index contributed by atoms with van der Waals surface area (Å²) in [6, 6.07) is 27.4. The van der Waals surface area contributed by atoms with E-state index in [0.29, 0.717) is 24.8 Å². The number of aryl methyl sites for hydroxylation is 1. The Hall–Kier alpha value is -3.70. The molecule has 1 saturated carbocycles. The number of ether oxygens (including phenoxy) is 2. The van der Waals surface area contributed by atoms with Crippen LogP contribution in [0.25, 0.3) is 11.1 Å². The lowest BCUT2D eigenvalue weighted by Gasteiger charge is -2.20. The third-order valence-corrected chi connectivity index (χ3v) is 7.16. The van der Waals surface area contributed by atoms with E-state index in [1.54, 1.807) is 18.2 Å². The molecule has 3 aromatic rings. The molecule has 184 valence electrons. The number of hydrogen-bond donors (Lipinski definition) is 1. The predicted molar refractivity (Wildman–Crippen MR) is 137 cm³/mol. The zero-order valence-corrected chi connectivity index (χ0v) is 20.0. The Morgan fingerprint density at radius 1 is 0.972 bits per heavy atom. The summed E-state index contributed by atoms with van der Waals surface area (Å²) in [6.07, 6.45) is 4.53. The summed E-state index contributed by atoms with van der Waals surface area (Å²) in [5.74, 6) is -0.836. The van der Waals surface area contributed by atoms with Crippen LogP contribution in [0.4, 0.5) is 0 Å². The first-order valence-electron chi connectivity index (χ1n) is 12.5. The first kappa shape index (κ1) is 24.0. The highest BCUT2D eigenvalue weighted by Crippen LogP contribution is 2.43. The quantitative estimate of drug-likeness (QED) is 0.345. The van der Waals surface area contributed by atoms with E-state index in [2.05, 4.69) is 0 Å². The molecular weight excluding hydrogens is 452 g/mol. The van der Waals surface area contributed by atoms with E-state index in [1.807, 2.05) is 78.9 Å². The van der Waals surface area contributed by atoms with Crippen molar-refractivity contribution in [2.45, 2.75) is 44.0 Å². The molecule has 0 bridgehead atoms. The van der Waals surface area contributed by atoms with Crippen molar-refractivity contribution in [3.05, 3.63) is 108 Å². The lowest BCUT2D eigenvalue weighted by Crippen LogP contribution is -2.25. The second-order valence-electron chi connectivity index (χ2n) is 9.57. The smallest absolute Gasteiger partial charge is 0.338 e. The van der Waals surface area contributed by atoms with Crippen molar-refractivity contribution in [2.75, 3.05) is 0 Å². The molecule has 5 atom stereocenters. The molecule has 1 aliphatic heterocycles. The zero-order valence-electron chi connectivity index (χ0n) is 20.0. The van der Waals surface area contributed by atoms with Crippen LogP contribution in [-0.2, 0) is 20.7 Å². The molecule has 2 aliphatic rings. The molecule has 1 saturated heterocycles.